The van der Waals surface area contributed by atoms with Gasteiger partial charge in [0.2, 0.25) is 0 Å². The Bertz CT molecular complexity index is 975. The van der Waals surface area contributed by atoms with Crippen LogP contribution in [0.15, 0.2) is 47.2 Å². The van der Waals surface area contributed by atoms with Crippen LogP contribution in [-0.4, -0.2) is 43.0 Å². The number of thiophene rings is 2. The molecule has 1 fully saturated rings. The molecule has 1 N–H and O–H groups in total. The smallest absolute Gasteiger partial charge is 0.257 e. The molecule has 1 aliphatic heterocycles. The van der Waals surface area contributed by atoms with Gasteiger partial charge in [-0.2, -0.15) is 11.3 Å². The van der Waals surface area contributed by atoms with Gasteiger partial charge in [0.25, 0.3) is 11.8 Å². The molecule has 0 aliphatic carbocycles. The van der Waals surface area contributed by atoms with E-state index in [-0.39, 0.29) is 11.8 Å². The fourth-order valence-corrected chi connectivity index (χ4v) is 5.05. The molecule has 0 atom stereocenters. The summed E-state index contributed by atoms with van der Waals surface area (Å²) in [7, 11) is 0. The minimum Gasteiger partial charge on any atom is -0.378 e. The van der Waals surface area contributed by atoms with Crippen molar-refractivity contribution in [2.75, 3.05) is 31.6 Å². The molecular formula is C21H20N2O3S2. The van der Waals surface area contributed by atoms with Crippen molar-refractivity contribution in [1.29, 1.82) is 0 Å². The van der Waals surface area contributed by atoms with E-state index >= 15 is 0 Å². The fraction of sp³-hybridized carbons (Fsp3) is 0.238. The highest BCUT2D eigenvalue weighted by molar-refractivity contribution is 7.20. The van der Waals surface area contributed by atoms with Gasteiger partial charge in [-0.15, -0.1) is 11.3 Å². The second-order valence-corrected chi connectivity index (χ2v) is 8.30. The van der Waals surface area contributed by atoms with Crippen LogP contribution < -0.4 is 5.32 Å². The molecule has 28 heavy (non-hydrogen) atoms. The van der Waals surface area contributed by atoms with E-state index in [1.165, 1.54) is 22.7 Å². The highest BCUT2D eigenvalue weighted by Crippen LogP contribution is 2.40. The summed E-state index contributed by atoms with van der Waals surface area (Å²) in [4.78, 5) is 28.7. The summed E-state index contributed by atoms with van der Waals surface area (Å²) >= 11 is 2.92. The monoisotopic (exact) mass is 412 g/mol. The van der Waals surface area contributed by atoms with Gasteiger partial charge < -0.3 is 15.0 Å². The van der Waals surface area contributed by atoms with Crippen molar-refractivity contribution in [2.24, 2.45) is 0 Å². The Kier molecular flexibility index (Phi) is 5.57. The van der Waals surface area contributed by atoms with Crippen LogP contribution in [0.3, 0.4) is 0 Å². The molecule has 0 unspecified atom stereocenters. The highest BCUT2D eigenvalue weighted by atomic mass is 32.1. The number of anilines is 1. The quantitative estimate of drug-likeness (QED) is 0.686. The lowest BCUT2D eigenvalue weighted by atomic mass is 10.1. The van der Waals surface area contributed by atoms with Crippen LogP contribution in [0.25, 0.3) is 10.4 Å². The van der Waals surface area contributed by atoms with Crippen molar-refractivity contribution >= 4 is 39.5 Å². The van der Waals surface area contributed by atoms with E-state index in [0.29, 0.717) is 42.4 Å². The van der Waals surface area contributed by atoms with Crippen LogP contribution in [-0.2, 0) is 4.74 Å². The molecule has 3 aromatic rings. The van der Waals surface area contributed by atoms with Crippen molar-refractivity contribution in [3.63, 3.8) is 0 Å². The number of nitrogens with one attached hydrogen (secondary N) is 1. The largest absolute Gasteiger partial charge is 0.378 e. The molecule has 1 aliphatic rings. The molecule has 0 radical (unpaired) electrons. The summed E-state index contributed by atoms with van der Waals surface area (Å²) in [5.74, 6) is -0.252. The van der Waals surface area contributed by atoms with E-state index in [4.69, 9.17) is 4.74 Å². The summed E-state index contributed by atoms with van der Waals surface area (Å²) in [6.45, 7) is 4.15. The first-order valence-corrected chi connectivity index (χ1v) is 10.8. The van der Waals surface area contributed by atoms with Crippen LogP contribution in [0, 0.1) is 6.92 Å². The van der Waals surface area contributed by atoms with E-state index in [2.05, 4.69) is 5.32 Å². The maximum Gasteiger partial charge on any atom is 0.257 e. The number of nitrogens with zero attached hydrogens (tertiary/aromatic N) is 1. The van der Waals surface area contributed by atoms with Crippen LogP contribution in [0.4, 0.5) is 5.00 Å². The molecule has 0 bridgehead atoms. The number of carbonyl (C=O) groups is 2. The van der Waals surface area contributed by atoms with E-state index in [1.807, 2.05) is 42.6 Å². The summed E-state index contributed by atoms with van der Waals surface area (Å²) in [6, 6.07) is 11.7. The molecule has 2 amide bonds. The first kappa shape index (κ1) is 18.9. The average molecular weight is 413 g/mol. The first-order chi connectivity index (χ1) is 13.6. The van der Waals surface area contributed by atoms with Crippen molar-refractivity contribution in [1.82, 2.24) is 4.90 Å². The Hall–Kier alpha value is -2.48. The molecule has 7 heteroatoms. The van der Waals surface area contributed by atoms with Crippen LogP contribution in [0.5, 0.6) is 0 Å². The number of hydrogen-bond acceptors (Lipinski definition) is 5. The third-order valence-electron chi connectivity index (χ3n) is 4.71. The molecule has 2 aromatic heterocycles. The highest BCUT2D eigenvalue weighted by Gasteiger charge is 2.28. The lowest BCUT2D eigenvalue weighted by Crippen LogP contribution is -2.41. The number of hydrogen-bond donors (Lipinski definition) is 1. The van der Waals surface area contributed by atoms with E-state index in [1.54, 1.807) is 16.3 Å². The molecule has 1 saturated heterocycles. The minimum atomic E-state index is -0.196. The zero-order valence-electron chi connectivity index (χ0n) is 15.4. The lowest BCUT2D eigenvalue weighted by Gasteiger charge is -2.27. The van der Waals surface area contributed by atoms with Gasteiger partial charge in [0.1, 0.15) is 5.00 Å². The molecule has 5 nitrogen and oxygen atoms in total. The van der Waals surface area contributed by atoms with E-state index < -0.39 is 0 Å². The third-order valence-corrected chi connectivity index (χ3v) is 6.64. The zero-order chi connectivity index (χ0) is 19.5. The van der Waals surface area contributed by atoms with Crippen molar-refractivity contribution < 1.29 is 14.3 Å². The fourth-order valence-electron chi connectivity index (χ4n) is 3.22. The van der Waals surface area contributed by atoms with E-state index in [9.17, 15) is 9.59 Å². The number of rotatable bonds is 4. The standard InChI is InChI=1S/C21H20N2O3S2/c1-14-17(21(25)23-8-10-26-11-9-23)20(22-19(24)16-7-12-27-13-16)28-18(14)15-5-3-2-4-6-15/h2-7,12-13H,8-11H2,1H3,(H,22,24). The van der Waals surface area contributed by atoms with Crippen molar-refractivity contribution in [3.05, 3.63) is 63.8 Å². The summed E-state index contributed by atoms with van der Waals surface area (Å²) in [6.07, 6.45) is 0. The molecule has 3 heterocycles. The number of morpholine rings is 1. The molecule has 144 valence electrons. The Labute approximate surface area is 171 Å². The average Bonchev–Trinajstić information content (AvgIpc) is 3.37. The minimum absolute atomic E-state index is 0.0557. The first-order valence-electron chi connectivity index (χ1n) is 9.04. The summed E-state index contributed by atoms with van der Waals surface area (Å²) in [5.41, 5.74) is 3.11. The summed E-state index contributed by atoms with van der Waals surface area (Å²) < 4.78 is 5.37. The Morgan fingerprint density at radius 1 is 1.11 bits per heavy atom. The summed E-state index contributed by atoms with van der Waals surface area (Å²) in [5, 5.41) is 7.24. The van der Waals surface area contributed by atoms with Gasteiger partial charge in [-0.1, -0.05) is 30.3 Å². The predicted molar refractivity (Wildman–Crippen MR) is 113 cm³/mol. The van der Waals surface area contributed by atoms with Gasteiger partial charge in [0, 0.05) is 23.3 Å². The van der Waals surface area contributed by atoms with Crippen molar-refractivity contribution in [2.45, 2.75) is 6.92 Å². The number of benzene rings is 1. The number of ether oxygens (including phenoxy) is 1. The Balaban J connectivity index is 1.74. The van der Waals surface area contributed by atoms with Gasteiger partial charge in [-0.25, -0.2) is 0 Å². The van der Waals surface area contributed by atoms with Gasteiger partial charge in [0.15, 0.2) is 0 Å². The molecular weight excluding hydrogens is 392 g/mol. The van der Waals surface area contributed by atoms with Gasteiger partial charge >= 0.3 is 0 Å². The second-order valence-electron chi connectivity index (χ2n) is 6.50. The van der Waals surface area contributed by atoms with E-state index in [0.717, 1.165) is 16.0 Å². The second kappa shape index (κ2) is 8.26. The maximum absolute atomic E-state index is 13.3. The molecule has 0 saturated carbocycles. The predicted octanol–water partition coefficient (Wildman–Crippen LogP) is 4.51. The maximum atomic E-state index is 13.3. The lowest BCUT2D eigenvalue weighted by molar-refractivity contribution is 0.0303. The van der Waals surface area contributed by atoms with Crippen molar-refractivity contribution in [3.8, 4) is 10.4 Å². The van der Waals surface area contributed by atoms with Gasteiger partial charge in [-0.3, -0.25) is 9.59 Å². The van der Waals surface area contributed by atoms with Crippen LogP contribution in [0.1, 0.15) is 26.3 Å². The van der Waals surface area contributed by atoms with Gasteiger partial charge in [-0.05, 0) is 29.5 Å². The Morgan fingerprint density at radius 3 is 2.54 bits per heavy atom. The Morgan fingerprint density at radius 2 is 1.86 bits per heavy atom. The number of carbonyl (C=O) groups excluding carboxylic acids is 2. The SMILES string of the molecule is Cc1c(-c2ccccc2)sc(NC(=O)c2ccsc2)c1C(=O)N1CCOCC1. The van der Waals surface area contributed by atoms with Crippen LogP contribution in [0.2, 0.25) is 0 Å². The molecule has 0 spiro atoms. The zero-order valence-corrected chi connectivity index (χ0v) is 17.1. The third kappa shape index (κ3) is 3.73. The molecule has 1 aromatic carbocycles. The molecule has 4 rings (SSSR count). The number of amides is 2. The van der Waals surface area contributed by atoms with Gasteiger partial charge in [0.05, 0.1) is 24.3 Å². The topological polar surface area (TPSA) is 58.6 Å². The van der Waals surface area contributed by atoms with Crippen LogP contribution >= 0.6 is 22.7 Å². The normalized spacial score (nSPS) is 14.1.